The van der Waals surface area contributed by atoms with Gasteiger partial charge in [-0.2, -0.15) is 0 Å². The summed E-state index contributed by atoms with van der Waals surface area (Å²) < 4.78 is 4.47. The van der Waals surface area contributed by atoms with E-state index in [1.54, 1.807) is 0 Å². The number of hydrogen-bond donors (Lipinski definition) is 1. The third-order valence-electron chi connectivity index (χ3n) is 2.75. The number of hydrogen-bond acceptors (Lipinski definition) is 6. The van der Waals surface area contributed by atoms with Crippen LogP contribution in [0.25, 0.3) is 0 Å². The number of anilines is 1. The molecule has 7 heteroatoms. The molecule has 0 atom stereocenters. The summed E-state index contributed by atoms with van der Waals surface area (Å²) in [4.78, 5) is 25.6. The number of ether oxygens (including phenoxy) is 1. The molecule has 96 valence electrons. The molecule has 1 aromatic heterocycles. The minimum absolute atomic E-state index is 0.139. The highest BCUT2D eigenvalue weighted by atomic mass is 16.6. The minimum Gasteiger partial charge on any atom is -0.465 e. The standard InChI is InChI=1S/C11H13N3O4/c1-18-11(15)8-6-13-10(4-9(8)14(16)17)12-5-7-2-3-7/h4,6-7H,2-3,5H2,1H3,(H,12,13). The third kappa shape index (κ3) is 2.73. The molecule has 1 aromatic rings. The van der Waals surface area contributed by atoms with Crippen LogP contribution in [0.1, 0.15) is 23.2 Å². The highest BCUT2D eigenvalue weighted by Gasteiger charge is 2.24. The molecule has 1 saturated carbocycles. The highest BCUT2D eigenvalue weighted by Crippen LogP contribution is 2.29. The van der Waals surface area contributed by atoms with Crippen molar-refractivity contribution in [3.63, 3.8) is 0 Å². The summed E-state index contributed by atoms with van der Waals surface area (Å²) in [5.74, 6) is 0.273. The Kier molecular flexibility index (Phi) is 3.40. The Bertz CT molecular complexity index is 485. The number of nitrogens with zero attached hydrogens (tertiary/aromatic N) is 2. The lowest BCUT2D eigenvalue weighted by Crippen LogP contribution is -2.09. The molecule has 2 rings (SSSR count). The lowest BCUT2D eigenvalue weighted by atomic mass is 10.2. The molecule has 0 spiro atoms. The van der Waals surface area contributed by atoms with Crippen molar-refractivity contribution in [1.82, 2.24) is 4.98 Å². The monoisotopic (exact) mass is 251 g/mol. The normalized spacial score (nSPS) is 14.1. The van der Waals surface area contributed by atoms with Crippen molar-refractivity contribution in [3.8, 4) is 0 Å². The van der Waals surface area contributed by atoms with E-state index in [1.165, 1.54) is 32.2 Å². The second-order valence-electron chi connectivity index (χ2n) is 4.16. The van der Waals surface area contributed by atoms with Crippen LogP contribution < -0.4 is 5.32 Å². The number of esters is 1. The maximum atomic E-state index is 11.3. The second kappa shape index (κ2) is 4.99. The van der Waals surface area contributed by atoms with Crippen molar-refractivity contribution in [2.45, 2.75) is 12.8 Å². The molecule has 0 aliphatic heterocycles. The van der Waals surface area contributed by atoms with Gasteiger partial charge in [0, 0.05) is 6.54 Å². The van der Waals surface area contributed by atoms with Gasteiger partial charge in [0.05, 0.1) is 24.3 Å². The van der Waals surface area contributed by atoms with Gasteiger partial charge in [-0.05, 0) is 18.8 Å². The van der Waals surface area contributed by atoms with Gasteiger partial charge in [-0.3, -0.25) is 10.1 Å². The molecule has 1 heterocycles. The topological polar surface area (TPSA) is 94.4 Å². The smallest absolute Gasteiger partial charge is 0.346 e. The molecule has 1 fully saturated rings. The number of pyridine rings is 1. The first-order valence-corrected chi connectivity index (χ1v) is 5.58. The van der Waals surface area contributed by atoms with Gasteiger partial charge in [-0.25, -0.2) is 9.78 Å². The van der Waals surface area contributed by atoms with Gasteiger partial charge in [0.25, 0.3) is 5.69 Å². The van der Waals surface area contributed by atoms with Crippen LogP contribution in [-0.2, 0) is 4.74 Å². The number of methoxy groups -OCH3 is 1. The molecule has 1 N–H and O–H groups in total. The molecule has 0 bridgehead atoms. The summed E-state index contributed by atoms with van der Waals surface area (Å²) in [6.07, 6.45) is 3.52. The lowest BCUT2D eigenvalue weighted by Gasteiger charge is -2.06. The lowest BCUT2D eigenvalue weighted by molar-refractivity contribution is -0.385. The van der Waals surface area contributed by atoms with E-state index in [0.717, 1.165) is 6.54 Å². The van der Waals surface area contributed by atoms with Gasteiger partial charge >= 0.3 is 5.97 Å². The van der Waals surface area contributed by atoms with Gasteiger partial charge < -0.3 is 10.1 Å². The Balaban J connectivity index is 2.21. The predicted molar refractivity (Wildman–Crippen MR) is 63.4 cm³/mol. The van der Waals surface area contributed by atoms with Gasteiger partial charge in [-0.1, -0.05) is 0 Å². The van der Waals surface area contributed by atoms with E-state index in [2.05, 4.69) is 15.0 Å². The molecular weight excluding hydrogens is 238 g/mol. The SMILES string of the molecule is COC(=O)c1cnc(NCC2CC2)cc1[N+](=O)[O-]. The molecule has 0 saturated heterocycles. The van der Waals surface area contributed by atoms with Crippen LogP contribution in [0.15, 0.2) is 12.3 Å². The van der Waals surface area contributed by atoms with E-state index in [9.17, 15) is 14.9 Å². The van der Waals surface area contributed by atoms with Gasteiger partial charge in [-0.15, -0.1) is 0 Å². The van der Waals surface area contributed by atoms with Gasteiger partial charge in [0.15, 0.2) is 5.56 Å². The van der Waals surface area contributed by atoms with E-state index in [0.29, 0.717) is 11.7 Å². The molecule has 7 nitrogen and oxygen atoms in total. The zero-order valence-corrected chi connectivity index (χ0v) is 9.88. The number of rotatable bonds is 5. The Morgan fingerprint density at radius 3 is 2.94 bits per heavy atom. The third-order valence-corrected chi connectivity index (χ3v) is 2.75. The second-order valence-corrected chi connectivity index (χ2v) is 4.16. The predicted octanol–water partition coefficient (Wildman–Crippen LogP) is 1.60. The van der Waals surface area contributed by atoms with Gasteiger partial charge in [0.1, 0.15) is 5.82 Å². The van der Waals surface area contributed by atoms with Crippen molar-refractivity contribution < 1.29 is 14.5 Å². The number of carbonyl (C=O) groups is 1. The molecule has 0 radical (unpaired) electrons. The van der Waals surface area contributed by atoms with E-state index in [-0.39, 0.29) is 11.3 Å². The van der Waals surface area contributed by atoms with Crippen LogP contribution in [0.5, 0.6) is 0 Å². The fourth-order valence-corrected chi connectivity index (χ4v) is 1.53. The number of aromatic nitrogens is 1. The fraction of sp³-hybridized carbons (Fsp3) is 0.455. The summed E-state index contributed by atoms with van der Waals surface area (Å²) >= 11 is 0. The summed E-state index contributed by atoms with van der Waals surface area (Å²) in [5.41, 5.74) is -0.436. The zero-order valence-electron chi connectivity index (χ0n) is 9.88. The average Bonchev–Trinajstić information content (AvgIpc) is 3.19. The molecule has 0 unspecified atom stereocenters. The summed E-state index contributed by atoms with van der Waals surface area (Å²) in [6.45, 7) is 0.752. The Hall–Kier alpha value is -2.18. The molecule has 0 aromatic carbocycles. The maximum Gasteiger partial charge on any atom is 0.346 e. The van der Waals surface area contributed by atoms with Crippen molar-refractivity contribution in [2.75, 3.05) is 19.0 Å². The first-order valence-electron chi connectivity index (χ1n) is 5.58. The Labute approximate surface area is 103 Å². The molecule has 18 heavy (non-hydrogen) atoms. The Morgan fingerprint density at radius 1 is 1.67 bits per heavy atom. The van der Waals surface area contributed by atoms with Crippen molar-refractivity contribution in [2.24, 2.45) is 5.92 Å². The zero-order chi connectivity index (χ0) is 13.1. The van der Waals surface area contributed by atoms with Crippen LogP contribution in [0.3, 0.4) is 0 Å². The molecule has 1 aliphatic carbocycles. The molecule has 1 aliphatic rings. The van der Waals surface area contributed by atoms with Crippen LogP contribution in [0, 0.1) is 16.0 Å². The van der Waals surface area contributed by atoms with E-state index in [4.69, 9.17) is 0 Å². The van der Waals surface area contributed by atoms with E-state index in [1.807, 2.05) is 0 Å². The van der Waals surface area contributed by atoms with Crippen LogP contribution in [-0.4, -0.2) is 29.5 Å². The summed E-state index contributed by atoms with van der Waals surface area (Å²) in [7, 11) is 1.17. The van der Waals surface area contributed by atoms with Crippen molar-refractivity contribution in [3.05, 3.63) is 27.9 Å². The number of nitrogens with one attached hydrogen (secondary N) is 1. The molecule has 0 amide bonds. The minimum atomic E-state index is -0.761. The maximum absolute atomic E-state index is 11.3. The summed E-state index contributed by atoms with van der Waals surface area (Å²) in [6, 6.07) is 1.26. The number of carbonyl (C=O) groups excluding carboxylic acids is 1. The first-order chi connectivity index (χ1) is 8.61. The van der Waals surface area contributed by atoms with Crippen LogP contribution in [0.2, 0.25) is 0 Å². The molecular formula is C11H13N3O4. The average molecular weight is 251 g/mol. The Morgan fingerprint density at radius 2 is 2.39 bits per heavy atom. The van der Waals surface area contributed by atoms with Gasteiger partial charge in [0.2, 0.25) is 0 Å². The van der Waals surface area contributed by atoms with E-state index >= 15 is 0 Å². The highest BCUT2D eigenvalue weighted by molar-refractivity contribution is 5.93. The van der Waals surface area contributed by atoms with Crippen LogP contribution >= 0.6 is 0 Å². The van der Waals surface area contributed by atoms with Crippen molar-refractivity contribution in [1.29, 1.82) is 0 Å². The van der Waals surface area contributed by atoms with Crippen molar-refractivity contribution >= 4 is 17.5 Å². The van der Waals surface area contributed by atoms with E-state index < -0.39 is 10.9 Å². The number of nitro groups is 1. The largest absolute Gasteiger partial charge is 0.465 e. The van der Waals surface area contributed by atoms with Crippen LogP contribution in [0.4, 0.5) is 11.5 Å². The fourth-order valence-electron chi connectivity index (χ4n) is 1.53. The summed E-state index contributed by atoms with van der Waals surface area (Å²) in [5, 5.41) is 13.9. The first kappa shape index (κ1) is 12.3. The quantitative estimate of drug-likeness (QED) is 0.485.